The van der Waals surface area contributed by atoms with Crippen molar-refractivity contribution in [3.63, 3.8) is 0 Å². The molecule has 17 heavy (non-hydrogen) atoms. The van der Waals surface area contributed by atoms with Gasteiger partial charge in [-0.2, -0.15) is 0 Å². The zero-order valence-corrected chi connectivity index (χ0v) is 9.38. The lowest BCUT2D eigenvalue weighted by Gasteiger charge is -2.06. The first-order valence-corrected chi connectivity index (χ1v) is 5.21. The lowest BCUT2D eigenvalue weighted by molar-refractivity contribution is 0.281. The van der Waals surface area contributed by atoms with Crippen LogP contribution in [0.15, 0.2) is 30.5 Å². The van der Waals surface area contributed by atoms with Crippen molar-refractivity contribution in [3.05, 3.63) is 52.7 Å². The molecule has 0 saturated heterocycles. The molecule has 0 fully saturated rings. The van der Waals surface area contributed by atoms with Crippen molar-refractivity contribution in [2.24, 2.45) is 0 Å². The van der Waals surface area contributed by atoms with E-state index in [-0.39, 0.29) is 22.9 Å². The Balaban J connectivity index is 2.57. The second-order valence-corrected chi connectivity index (χ2v) is 3.84. The van der Waals surface area contributed by atoms with E-state index in [1.165, 1.54) is 24.4 Å². The Morgan fingerprint density at radius 3 is 2.71 bits per heavy atom. The van der Waals surface area contributed by atoms with Crippen LogP contribution in [0.1, 0.15) is 5.56 Å². The predicted octanol–water partition coefficient (Wildman–Crippen LogP) is 3.17. The summed E-state index contributed by atoms with van der Waals surface area (Å²) in [7, 11) is 0. The number of hydrogen-bond donors (Lipinski definition) is 1. The third kappa shape index (κ3) is 2.28. The Kier molecular flexibility index (Phi) is 3.36. The van der Waals surface area contributed by atoms with Crippen LogP contribution in [0.5, 0.6) is 0 Å². The number of benzene rings is 1. The number of nitrogens with zero attached hydrogens (tertiary/aromatic N) is 1. The Morgan fingerprint density at radius 1 is 1.29 bits per heavy atom. The van der Waals surface area contributed by atoms with E-state index in [4.69, 9.17) is 16.7 Å². The average Bonchev–Trinajstić information content (AvgIpc) is 2.33. The molecule has 0 bridgehead atoms. The van der Waals surface area contributed by atoms with E-state index in [1.54, 1.807) is 0 Å². The van der Waals surface area contributed by atoms with Gasteiger partial charge in [-0.05, 0) is 23.8 Å². The van der Waals surface area contributed by atoms with Crippen molar-refractivity contribution in [2.45, 2.75) is 6.61 Å². The van der Waals surface area contributed by atoms with Gasteiger partial charge in [0.25, 0.3) is 0 Å². The van der Waals surface area contributed by atoms with Gasteiger partial charge in [0.15, 0.2) is 11.6 Å². The molecule has 0 radical (unpaired) electrons. The maximum Gasteiger partial charge on any atom is 0.168 e. The molecule has 0 unspecified atom stereocenters. The van der Waals surface area contributed by atoms with Crippen molar-refractivity contribution in [3.8, 4) is 11.3 Å². The minimum atomic E-state index is -0.987. The van der Waals surface area contributed by atoms with E-state index in [0.29, 0.717) is 5.56 Å². The van der Waals surface area contributed by atoms with Gasteiger partial charge in [-0.3, -0.25) is 4.98 Å². The van der Waals surface area contributed by atoms with Crippen molar-refractivity contribution in [1.82, 2.24) is 4.98 Å². The summed E-state index contributed by atoms with van der Waals surface area (Å²) in [4.78, 5) is 3.92. The number of aliphatic hydroxyl groups excluding tert-OH is 1. The fourth-order valence-corrected chi connectivity index (χ4v) is 1.74. The van der Waals surface area contributed by atoms with Crippen LogP contribution in [-0.2, 0) is 6.61 Å². The smallest absolute Gasteiger partial charge is 0.168 e. The molecule has 1 aromatic heterocycles. The van der Waals surface area contributed by atoms with Crippen LogP contribution in [0.25, 0.3) is 11.3 Å². The lowest BCUT2D eigenvalue weighted by atomic mass is 10.1. The number of aromatic nitrogens is 1. The predicted molar refractivity (Wildman–Crippen MR) is 60.5 cm³/mol. The van der Waals surface area contributed by atoms with Gasteiger partial charge in [-0.1, -0.05) is 17.7 Å². The summed E-state index contributed by atoms with van der Waals surface area (Å²) in [5.74, 6) is -1.94. The summed E-state index contributed by atoms with van der Waals surface area (Å²) < 4.78 is 26.6. The molecule has 5 heteroatoms. The first-order valence-electron chi connectivity index (χ1n) is 4.83. The molecule has 1 N–H and O–H groups in total. The Hall–Kier alpha value is -1.52. The summed E-state index contributed by atoms with van der Waals surface area (Å²) in [5, 5.41) is 9.06. The molecule has 2 rings (SSSR count). The molecule has 0 aliphatic rings. The number of pyridine rings is 1. The summed E-state index contributed by atoms with van der Waals surface area (Å²) >= 11 is 5.90. The number of aliphatic hydroxyl groups is 1. The topological polar surface area (TPSA) is 33.1 Å². The number of hydrogen-bond acceptors (Lipinski definition) is 2. The second kappa shape index (κ2) is 4.77. The minimum Gasteiger partial charge on any atom is -0.392 e. The third-order valence-corrected chi connectivity index (χ3v) is 2.58. The summed E-state index contributed by atoms with van der Waals surface area (Å²) in [6.45, 7) is -0.210. The van der Waals surface area contributed by atoms with Crippen LogP contribution in [0.3, 0.4) is 0 Å². The van der Waals surface area contributed by atoms with Crippen molar-refractivity contribution in [2.75, 3.05) is 0 Å². The summed E-state index contributed by atoms with van der Waals surface area (Å²) in [6, 6.07) is 5.26. The van der Waals surface area contributed by atoms with E-state index in [9.17, 15) is 8.78 Å². The second-order valence-electron chi connectivity index (χ2n) is 3.43. The zero-order valence-electron chi connectivity index (χ0n) is 8.62. The molecule has 2 aromatic rings. The van der Waals surface area contributed by atoms with Gasteiger partial charge in [0.2, 0.25) is 0 Å². The lowest BCUT2D eigenvalue weighted by Crippen LogP contribution is -1.94. The third-order valence-electron chi connectivity index (χ3n) is 2.29. The molecule has 0 amide bonds. The molecular weight excluding hydrogens is 248 g/mol. The van der Waals surface area contributed by atoms with E-state index in [1.807, 2.05) is 0 Å². The summed E-state index contributed by atoms with van der Waals surface area (Å²) in [6.07, 6.45) is 1.37. The van der Waals surface area contributed by atoms with Gasteiger partial charge < -0.3 is 5.11 Å². The maximum absolute atomic E-state index is 13.5. The highest BCUT2D eigenvalue weighted by atomic mass is 35.5. The van der Waals surface area contributed by atoms with Gasteiger partial charge in [0.1, 0.15) is 0 Å². The largest absolute Gasteiger partial charge is 0.392 e. The normalized spacial score (nSPS) is 10.6. The fraction of sp³-hybridized carbons (Fsp3) is 0.0833. The molecule has 0 saturated carbocycles. The van der Waals surface area contributed by atoms with Gasteiger partial charge in [0, 0.05) is 11.8 Å². The summed E-state index contributed by atoms with van der Waals surface area (Å²) in [5.41, 5.74) is 0.663. The van der Waals surface area contributed by atoms with Gasteiger partial charge >= 0.3 is 0 Å². The van der Waals surface area contributed by atoms with Gasteiger partial charge in [-0.25, -0.2) is 8.78 Å². The van der Waals surface area contributed by atoms with E-state index >= 15 is 0 Å². The van der Waals surface area contributed by atoms with E-state index in [2.05, 4.69) is 4.98 Å². The first kappa shape index (κ1) is 12.0. The van der Waals surface area contributed by atoms with Gasteiger partial charge in [-0.15, -0.1) is 0 Å². The molecule has 2 nitrogen and oxygen atoms in total. The molecule has 1 heterocycles. The highest BCUT2D eigenvalue weighted by Gasteiger charge is 2.13. The first-order chi connectivity index (χ1) is 8.13. The standard InChI is InChI=1S/C12H8ClF2NO/c13-9-4-7(6-17)5-16-12(9)8-2-1-3-10(14)11(8)15/h1-5,17H,6H2. The van der Waals surface area contributed by atoms with Crippen LogP contribution >= 0.6 is 11.6 Å². The quantitative estimate of drug-likeness (QED) is 0.894. The minimum absolute atomic E-state index is 0.000472. The Morgan fingerprint density at radius 2 is 2.06 bits per heavy atom. The van der Waals surface area contributed by atoms with Crippen LogP contribution in [0, 0.1) is 11.6 Å². The zero-order chi connectivity index (χ0) is 12.4. The highest BCUT2D eigenvalue weighted by molar-refractivity contribution is 6.33. The Labute approximate surface area is 102 Å². The number of halogens is 3. The maximum atomic E-state index is 13.5. The highest BCUT2D eigenvalue weighted by Crippen LogP contribution is 2.29. The Bertz CT molecular complexity index is 560. The van der Waals surface area contributed by atoms with Gasteiger partial charge in [0.05, 0.1) is 17.3 Å². The molecular formula is C12H8ClF2NO. The fourth-order valence-electron chi connectivity index (χ4n) is 1.45. The van der Waals surface area contributed by atoms with E-state index in [0.717, 1.165) is 6.07 Å². The molecule has 0 aliphatic heterocycles. The van der Waals surface area contributed by atoms with Crippen molar-refractivity contribution in [1.29, 1.82) is 0 Å². The van der Waals surface area contributed by atoms with Crippen LogP contribution < -0.4 is 0 Å². The molecule has 0 spiro atoms. The molecule has 88 valence electrons. The number of rotatable bonds is 2. The van der Waals surface area contributed by atoms with E-state index < -0.39 is 11.6 Å². The van der Waals surface area contributed by atoms with Crippen LogP contribution in [0.2, 0.25) is 5.02 Å². The molecule has 0 aliphatic carbocycles. The van der Waals surface area contributed by atoms with Crippen LogP contribution in [-0.4, -0.2) is 10.1 Å². The SMILES string of the molecule is OCc1cnc(-c2cccc(F)c2F)c(Cl)c1. The monoisotopic (exact) mass is 255 g/mol. The van der Waals surface area contributed by atoms with Crippen LogP contribution in [0.4, 0.5) is 8.78 Å². The van der Waals surface area contributed by atoms with Crippen molar-refractivity contribution >= 4 is 11.6 Å². The molecule has 1 aromatic carbocycles. The average molecular weight is 256 g/mol. The molecule has 0 atom stereocenters. The van der Waals surface area contributed by atoms with Crippen molar-refractivity contribution < 1.29 is 13.9 Å².